The van der Waals surface area contributed by atoms with E-state index >= 15 is 0 Å². The van der Waals surface area contributed by atoms with E-state index in [2.05, 4.69) is 27.9 Å². The molecule has 0 fully saturated rings. The fraction of sp³-hybridized carbons (Fsp3) is 0.286. The van der Waals surface area contributed by atoms with Crippen molar-refractivity contribution < 1.29 is 13.6 Å². The summed E-state index contributed by atoms with van der Waals surface area (Å²) in [5, 5.41) is 1.06. The molecule has 0 aliphatic carbocycles. The van der Waals surface area contributed by atoms with E-state index in [-0.39, 0.29) is 11.7 Å². The van der Waals surface area contributed by atoms with Crippen molar-refractivity contribution in [3.05, 3.63) is 70.6 Å². The highest BCUT2D eigenvalue weighted by molar-refractivity contribution is 5.93. The van der Waals surface area contributed by atoms with Crippen LogP contribution in [0.1, 0.15) is 50.6 Å². The molecule has 4 heterocycles. The summed E-state index contributed by atoms with van der Waals surface area (Å²) in [6, 6.07) is 5.74. The molecule has 3 aromatic heterocycles. The molecule has 0 radical (unpaired) electrons. The Balaban J connectivity index is 1.67. The van der Waals surface area contributed by atoms with Crippen LogP contribution in [-0.2, 0) is 6.42 Å². The zero-order valence-corrected chi connectivity index (χ0v) is 15.9. The molecule has 7 heteroatoms. The van der Waals surface area contributed by atoms with E-state index in [4.69, 9.17) is 8.83 Å². The summed E-state index contributed by atoms with van der Waals surface area (Å²) < 4.78 is 11.6. The predicted molar refractivity (Wildman–Crippen MR) is 102 cm³/mol. The Kier molecular flexibility index (Phi) is 3.65. The second-order valence-corrected chi connectivity index (χ2v) is 7.28. The molecule has 0 saturated heterocycles. The van der Waals surface area contributed by atoms with Crippen molar-refractivity contribution in [1.82, 2.24) is 19.9 Å². The number of nitrogens with zero attached hydrogens (tertiary/aromatic N) is 3. The number of oxazole rings is 1. The molecular formula is C21H20N4O3. The van der Waals surface area contributed by atoms with Crippen LogP contribution >= 0.6 is 0 Å². The number of carbonyl (C=O) groups excluding carboxylic acids is 1. The number of benzene rings is 1. The number of nitrogens with one attached hydrogen (secondary N) is 1. The van der Waals surface area contributed by atoms with E-state index in [1.165, 1.54) is 6.39 Å². The smallest absolute Gasteiger partial charge is 0.292 e. The van der Waals surface area contributed by atoms with Gasteiger partial charge in [0.2, 0.25) is 5.76 Å². The Hall–Kier alpha value is -3.35. The van der Waals surface area contributed by atoms with Gasteiger partial charge in [-0.15, -0.1) is 0 Å². The van der Waals surface area contributed by atoms with Crippen molar-refractivity contribution in [1.29, 1.82) is 0 Å². The van der Waals surface area contributed by atoms with E-state index in [0.29, 0.717) is 24.4 Å². The van der Waals surface area contributed by atoms with Gasteiger partial charge in [-0.2, -0.15) is 0 Å². The van der Waals surface area contributed by atoms with E-state index < -0.39 is 6.04 Å². The first kappa shape index (κ1) is 16.8. The number of aromatic nitrogens is 3. The Morgan fingerprint density at radius 3 is 2.79 bits per heavy atom. The van der Waals surface area contributed by atoms with Crippen molar-refractivity contribution in [2.45, 2.75) is 33.2 Å². The quantitative estimate of drug-likeness (QED) is 0.574. The molecule has 0 unspecified atom stereocenters. The highest BCUT2D eigenvalue weighted by Gasteiger charge is 2.38. The van der Waals surface area contributed by atoms with Crippen molar-refractivity contribution in [3.63, 3.8) is 0 Å². The molecule has 5 rings (SSSR count). The van der Waals surface area contributed by atoms with Crippen LogP contribution in [0.5, 0.6) is 0 Å². The Morgan fingerprint density at radius 2 is 2.04 bits per heavy atom. The lowest BCUT2D eigenvalue weighted by molar-refractivity contribution is 0.0639. The van der Waals surface area contributed by atoms with Crippen LogP contribution < -0.4 is 0 Å². The third-order valence-corrected chi connectivity index (χ3v) is 5.51. The van der Waals surface area contributed by atoms with Gasteiger partial charge in [0, 0.05) is 24.0 Å². The third kappa shape index (κ3) is 2.39. The molecule has 1 aromatic carbocycles. The standard InChI is InChI=1S/C21H20N4O3/c1-11-4-5-12(2)19-14(11)8-16(28-19)18-17-15(22-9-23-17)6-7-25(18)21(26)20-13(3)24-10-27-20/h4-5,8-10,18H,6-7H2,1-3H3,(H,22,23)/t18-/m1/s1. The SMILES string of the molecule is Cc1ncoc1C(=O)N1CCc2[nH]cnc2[C@H]1c1cc2c(C)ccc(C)c2o1. The molecular weight excluding hydrogens is 356 g/mol. The van der Waals surface area contributed by atoms with Gasteiger partial charge in [-0.3, -0.25) is 4.79 Å². The average Bonchev–Trinajstić information content (AvgIpc) is 3.42. The number of aryl methyl sites for hydroxylation is 3. The minimum Gasteiger partial charge on any atom is -0.458 e. The molecule has 0 spiro atoms. The topological polar surface area (TPSA) is 88.2 Å². The molecule has 1 atom stereocenters. The van der Waals surface area contributed by atoms with Crippen molar-refractivity contribution in [2.24, 2.45) is 0 Å². The molecule has 1 amide bonds. The first-order valence-corrected chi connectivity index (χ1v) is 9.27. The number of imidazole rings is 1. The van der Waals surface area contributed by atoms with E-state index in [1.54, 1.807) is 18.2 Å². The Morgan fingerprint density at radius 1 is 1.21 bits per heavy atom. The number of furan rings is 1. The lowest BCUT2D eigenvalue weighted by Crippen LogP contribution is -2.40. The average molecular weight is 376 g/mol. The van der Waals surface area contributed by atoms with Crippen LogP contribution in [0, 0.1) is 20.8 Å². The second kappa shape index (κ2) is 6.09. The van der Waals surface area contributed by atoms with Crippen LogP contribution in [0.3, 0.4) is 0 Å². The van der Waals surface area contributed by atoms with Gasteiger partial charge in [0.1, 0.15) is 17.4 Å². The first-order valence-electron chi connectivity index (χ1n) is 9.27. The van der Waals surface area contributed by atoms with Crippen molar-refractivity contribution >= 4 is 16.9 Å². The van der Waals surface area contributed by atoms with Gasteiger partial charge < -0.3 is 18.7 Å². The number of hydrogen-bond donors (Lipinski definition) is 1. The first-order chi connectivity index (χ1) is 13.5. The lowest BCUT2D eigenvalue weighted by atomic mass is 9.99. The highest BCUT2D eigenvalue weighted by Crippen LogP contribution is 2.38. The summed E-state index contributed by atoms with van der Waals surface area (Å²) in [6.45, 7) is 6.39. The van der Waals surface area contributed by atoms with Crippen LogP contribution in [-0.4, -0.2) is 32.3 Å². The lowest BCUT2D eigenvalue weighted by Gasteiger charge is -2.33. The van der Waals surface area contributed by atoms with Crippen LogP contribution in [0.25, 0.3) is 11.0 Å². The van der Waals surface area contributed by atoms with Gasteiger partial charge >= 0.3 is 0 Å². The molecule has 7 nitrogen and oxygen atoms in total. The monoisotopic (exact) mass is 376 g/mol. The number of H-pyrrole nitrogens is 1. The highest BCUT2D eigenvalue weighted by atomic mass is 16.4. The van der Waals surface area contributed by atoms with E-state index in [0.717, 1.165) is 33.5 Å². The maximum Gasteiger partial charge on any atom is 0.292 e. The van der Waals surface area contributed by atoms with Gasteiger partial charge in [-0.05, 0) is 38.0 Å². The van der Waals surface area contributed by atoms with Gasteiger partial charge in [-0.25, -0.2) is 9.97 Å². The summed E-state index contributed by atoms with van der Waals surface area (Å²) in [7, 11) is 0. The van der Waals surface area contributed by atoms with E-state index in [1.807, 2.05) is 19.1 Å². The fourth-order valence-corrected chi connectivity index (χ4v) is 3.97. The molecule has 1 aliphatic rings. The zero-order valence-electron chi connectivity index (χ0n) is 15.9. The zero-order chi connectivity index (χ0) is 19.4. The van der Waals surface area contributed by atoms with Crippen LogP contribution in [0.15, 0.2) is 39.8 Å². The maximum absolute atomic E-state index is 13.3. The normalized spacial score (nSPS) is 16.5. The number of aromatic amines is 1. The minimum absolute atomic E-state index is 0.206. The Labute approximate surface area is 161 Å². The Bertz CT molecular complexity index is 1160. The maximum atomic E-state index is 13.3. The molecule has 4 aromatic rings. The molecule has 142 valence electrons. The number of fused-ring (bicyclic) bond motifs is 2. The summed E-state index contributed by atoms with van der Waals surface area (Å²) >= 11 is 0. The molecule has 1 N–H and O–H groups in total. The fourth-order valence-electron chi connectivity index (χ4n) is 3.97. The molecule has 0 bridgehead atoms. The number of amides is 1. The molecule has 0 saturated carbocycles. The van der Waals surface area contributed by atoms with Crippen molar-refractivity contribution in [2.75, 3.05) is 6.54 Å². The van der Waals surface area contributed by atoms with Gasteiger partial charge in [0.25, 0.3) is 5.91 Å². The van der Waals surface area contributed by atoms with E-state index in [9.17, 15) is 4.79 Å². The molecule has 28 heavy (non-hydrogen) atoms. The summed E-state index contributed by atoms with van der Waals surface area (Å²) in [6.07, 6.45) is 3.67. The number of rotatable bonds is 2. The molecule has 1 aliphatic heterocycles. The second-order valence-electron chi connectivity index (χ2n) is 7.28. The van der Waals surface area contributed by atoms with Gasteiger partial charge in [0.05, 0.1) is 17.7 Å². The largest absolute Gasteiger partial charge is 0.458 e. The summed E-state index contributed by atoms with van der Waals surface area (Å²) in [4.78, 5) is 26.8. The number of hydrogen-bond acceptors (Lipinski definition) is 5. The third-order valence-electron chi connectivity index (χ3n) is 5.51. The van der Waals surface area contributed by atoms with Gasteiger partial charge in [0.15, 0.2) is 6.39 Å². The van der Waals surface area contributed by atoms with Gasteiger partial charge in [-0.1, -0.05) is 12.1 Å². The summed E-state index contributed by atoms with van der Waals surface area (Å²) in [5.41, 5.74) is 5.46. The number of carbonyl (C=O) groups is 1. The van der Waals surface area contributed by atoms with Crippen LogP contribution in [0.4, 0.5) is 0 Å². The van der Waals surface area contributed by atoms with Crippen LogP contribution in [0.2, 0.25) is 0 Å². The minimum atomic E-state index is -0.418. The van der Waals surface area contributed by atoms with Crippen molar-refractivity contribution in [3.8, 4) is 0 Å². The summed E-state index contributed by atoms with van der Waals surface area (Å²) in [5.74, 6) is 0.751. The predicted octanol–water partition coefficient (Wildman–Crippen LogP) is 3.86.